The molecule has 1 N–H and O–H groups in total. The highest BCUT2D eigenvalue weighted by molar-refractivity contribution is 7.86. The van der Waals surface area contributed by atoms with Crippen LogP contribution in [0.4, 0.5) is 0 Å². The van der Waals surface area contributed by atoms with Gasteiger partial charge in [-0.1, -0.05) is 52.9 Å². The maximum atomic E-state index is 12.2. The third-order valence-corrected chi connectivity index (χ3v) is 7.65. The van der Waals surface area contributed by atoms with Crippen molar-refractivity contribution in [2.45, 2.75) is 90.8 Å². The second-order valence-electron chi connectivity index (χ2n) is 8.38. The molecule has 0 radical (unpaired) electrons. The summed E-state index contributed by atoms with van der Waals surface area (Å²) in [6.07, 6.45) is 7.30. The fraction of sp³-hybridized carbons (Fsp3) is 1.00. The van der Waals surface area contributed by atoms with E-state index >= 15 is 0 Å². The van der Waals surface area contributed by atoms with Crippen molar-refractivity contribution in [2.24, 2.45) is 17.3 Å². The minimum absolute atomic E-state index is 0.0738. The second kappa shape index (κ2) is 7.01. The molecule has 23 heavy (non-hydrogen) atoms. The first-order valence-electron chi connectivity index (χ1n) is 9.24. The lowest BCUT2D eigenvalue weighted by atomic mass is 9.43. The number of fused-ring (bicyclic) bond motifs is 2. The summed E-state index contributed by atoms with van der Waals surface area (Å²) in [5.74, 6) is 0.662. The highest BCUT2D eigenvalue weighted by atomic mass is 32.2. The average Bonchev–Trinajstić information content (AvgIpc) is 2.43. The first-order chi connectivity index (χ1) is 10.6. The van der Waals surface area contributed by atoms with Crippen LogP contribution in [-0.4, -0.2) is 31.0 Å². The Morgan fingerprint density at radius 1 is 1.04 bits per heavy atom. The van der Waals surface area contributed by atoms with Gasteiger partial charge < -0.3 is 5.11 Å². The Bertz CT molecular complexity index is 495. The van der Waals surface area contributed by atoms with Gasteiger partial charge in [0.05, 0.1) is 11.4 Å². The van der Waals surface area contributed by atoms with E-state index in [9.17, 15) is 13.5 Å². The molecule has 4 unspecified atom stereocenters. The molecule has 4 atom stereocenters. The van der Waals surface area contributed by atoms with Crippen LogP contribution in [-0.2, 0) is 14.3 Å². The van der Waals surface area contributed by atoms with E-state index in [4.69, 9.17) is 4.18 Å². The lowest BCUT2D eigenvalue weighted by molar-refractivity contribution is -0.237. The summed E-state index contributed by atoms with van der Waals surface area (Å²) < 4.78 is 29.9. The zero-order valence-electron chi connectivity index (χ0n) is 15.2. The van der Waals surface area contributed by atoms with E-state index in [0.717, 1.165) is 19.3 Å². The van der Waals surface area contributed by atoms with Crippen LogP contribution in [0.5, 0.6) is 0 Å². The molecular weight excluding hydrogens is 312 g/mol. The van der Waals surface area contributed by atoms with Crippen molar-refractivity contribution in [2.75, 3.05) is 5.75 Å². The fourth-order valence-electron chi connectivity index (χ4n) is 4.55. The van der Waals surface area contributed by atoms with Gasteiger partial charge in [-0.2, -0.15) is 8.42 Å². The largest absolute Gasteiger partial charge is 0.387 e. The maximum absolute atomic E-state index is 12.2. The van der Waals surface area contributed by atoms with Gasteiger partial charge in [-0.05, 0) is 43.4 Å². The van der Waals surface area contributed by atoms with Crippen LogP contribution >= 0.6 is 0 Å². The van der Waals surface area contributed by atoms with E-state index < -0.39 is 21.8 Å². The standard InChI is InChI=1S/C18H34O4S/c1-5-6-7-8-9-10-11-23(20,21)22-16-13-14-12-15(17(14,2)3)18(16,4)19/h14-16,19H,5-13H2,1-4H3. The van der Waals surface area contributed by atoms with Gasteiger partial charge in [0, 0.05) is 0 Å². The van der Waals surface area contributed by atoms with Gasteiger partial charge >= 0.3 is 0 Å². The van der Waals surface area contributed by atoms with Crippen molar-refractivity contribution in [1.29, 1.82) is 0 Å². The van der Waals surface area contributed by atoms with Gasteiger partial charge in [0.2, 0.25) is 0 Å². The molecule has 3 fully saturated rings. The fourth-order valence-corrected chi connectivity index (χ4v) is 5.83. The average molecular weight is 347 g/mol. The third-order valence-electron chi connectivity index (χ3n) is 6.34. The summed E-state index contributed by atoms with van der Waals surface area (Å²) in [5.41, 5.74) is -0.959. The molecule has 5 heteroatoms. The Labute approximate surface area is 142 Å². The van der Waals surface area contributed by atoms with Gasteiger partial charge in [0.15, 0.2) is 0 Å². The summed E-state index contributed by atoms with van der Waals surface area (Å²) in [5, 5.41) is 10.8. The van der Waals surface area contributed by atoms with E-state index in [1.807, 2.05) is 0 Å². The van der Waals surface area contributed by atoms with Crippen LogP contribution in [0.3, 0.4) is 0 Å². The lowest BCUT2D eigenvalue weighted by Gasteiger charge is -2.64. The topological polar surface area (TPSA) is 63.6 Å². The van der Waals surface area contributed by atoms with Crippen LogP contribution in [0.1, 0.15) is 79.1 Å². The number of unbranched alkanes of at least 4 members (excludes halogenated alkanes) is 5. The highest BCUT2D eigenvalue weighted by Crippen LogP contribution is 2.63. The number of hydrogen-bond donors (Lipinski definition) is 1. The molecule has 0 aromatic heterocycles. The predicted molar refractivity (Wildman–Crippen MR) is 92.7 cm³/mol. The monoisotopic (exact) mass is 346 g/mol. The Kier molecular flexibility index (Phi) is 5.85. The first kappa shape index (κ1) is 19.2. The van der Waals surface area contributed by atoms with E-state index in [2.05, 4.69) is 20.8 Å². The Morgan fingerprint density at radius 3 is 2.22 bits per heavy atom. The molecule has 2 bridgehead atoms. The number of hydrogen-bond acceptors (Lipinski definition) is 4. The summed E-state index contributed by atoms with van der Waals surface area (Å²) in [4.78, 5) is 0. The summed E-state index contributed by atoms with van der Waals surface area (Å²) in [6.45, 7) is 8.25. The summed E-state index contributed by atoms with van der Waals surface area (Å²) in [6, 6.07) is 0. The van der Waals surface area contributed by atoms with Crippen molar-refractivity contribution >= 4 is 10.1 Å². The van der Waals surface area contributed by atoms with Gasteiger partial charge in [-0.3, -0.25) is 4.18 Å². The van der Waals surface area contributed by atoms with Crippen molar-refractivity contribution in [3.05, 3.63) is 0 Å². The predicted octanol–water partition coefficient (Wildman–Crippen LogP) is 3.88. The Balaban J connectivity index is 1.82. The molecule has 0 amide bonds. The maximum Gasteiger partial charge on any atom is 0.267 e. The van der Waals surface area contributed by atoms with E-state index in [-0.39, 0.29) is 17.1 Å². The quantitative estimate of drug-likeness (QED) is 0.508. The SMILES string of the molecule is CCCCCCCCS(=O)(=O)OC1CC2CC(C2(C)C)C1(C)O. The minimum atomic E-state index is -3.55. The molecule has 3 aliphatic rings. The molecular formula is C18H34O4S. The molecule has 0 spiro atoms. The molecule has 136 valence electrons. The first-order valence-corrected chi connectivity index (χ1v) is 10.8. The summed E-state index contributed by atoms with van der Waals surface area (Å²) >= 11 is 0. The van der Waals surface area contributed by atoms with Crippen molar-refractivity contribution in [3.8, 4) is 0 Å². The van der Waals surface area contributed by atoms with Crippen LogP contribution in [0.25, 0.3) is 0 Å². The molecule has 0 aliphatic heterocycles. The molecule has 0 aromatic rings. The van der Waals surface area contributed by atoms with Crippen LogP contribution in [0.2, 0.25) is 0 Å². The molecule has 0 aromatic carbocycles. The van der Waals surface area contributed by atoms with E-state index in [1.165, 1.54) is 19.3 Å². The molecule has 0 heterocycles. The number of aliphatic hydroxyl groups is 1. The Hall–Kier alpha value is -0.130. The summed E-state index contributed by atoms with van der Waals surface area (Å²) in [7, 11) is -3.55. The zero-order valence-corrected chi connectivity index (χ0v) is 16.0. The van der Waals surface area contributed by atoms with Crippen LogP contribution < -0.4 is 0 Å². The zero-order chi connectivity index (χ0) is 17.3. The van der Waals surface area contributed by atoms with Gasteiger partial charge in [-0.25, -0.2) is 0 Å². The third kappa shape index (κ3) is 4.10. The molecule has 0 saturated heterocycles. The number of rotatable bonds is 9. The van der Waals surface area contributed by atoms with Crippen molar-refractivity contribution in [1.82, 2.24) is 0 Å². The molecule has 3 rings (SSSR count). The molecule has 4 nitrogen and oxygen atoms in total. The van der Waals surface area contributed by atoms with Gasteiger partial charge in [0.1, 0.15) is 6.10 Å². The normalized spacial score (nSPS) is 35.8. The van der Waals surface area contributed by atoms with Gasteiger partial charge in [-0.15, -0.1) is 0 Å². The smallest absolute Gasteiger partial charge is 0.267 e. The highest BCUT2D eigenvalue weighted by Gasteiger charge is 2.63. The lowest BCUT2D eigenvalue weighted by Crippen LogP contribution is -2.67. The van der Waals surface area contributed by atoms with Gasteiger partial charge in [0.25, 0.3) is 10.1 Å². The van der Waals surface area contributed by atoms with E-state index in [1.54, 1.807) is 6.92 Å². The Morgan fingerprint density at radius 2 is 1.65 bits per heavy atom. The van der Waals surface area contributed by atoms with Crippen molar-refractivity contribution < 1.29 is 17.7 Å². The van der Waals surface area contributed by atoms with E-state index in [0.29, 0.717) is 18.8 Å². The van der Waals surface area contributed by atoms with Crippen LogP contribution in [0.15, 0.2) is 0 Å². The molecule has 3 aliphatic carbocycles. The molecule has 3 saturated carbocycles. The van der Waals surface area contributed by atoms with Crippen LogP contribution in [0, 0.1) is 17.3 Å². The van der Waals surface area contributed by atoms with Crippen molar-refractivity contribution in [3.63, 3.8) is 0 Å². The minimum Gasteiger partial charge on any atom is -0.387 e. The second-order valence-corrected chi connectivity index (χ2v) is 10.1.